The molecule has 0 spiro atoms. The van der Waals surface area contributed by atoms with Crippen LogP contribution in [0.15, 0.2) is 35.7 Å². The van der Waals surface area contributed by atoms with E-state index in [1.165, 1.54) is 10.9 Å². The lowest BCUT2D eigenvalue weighted by Gasteiger charge is -2.04. The van der Waals surface area contributed by atoms with E-state index in [9.17, 15) is 4.39 Å². The van der Waals surface area contributed by atoms with Crippen LogP contribution in [0.5, 0.6) is 0 Å². The van der Waals surface area contributed by atoms with Gasteiger partial charge in [0.1, 0.15) is 5.82 Å². The van der Waals surface area contributed by atoms with Crippen molar-refractivity contribution in [2.24, 2.45) is 0 Å². The lowest BCUT2D eigenvalue weighted by atomic mass is 10.2. The Morgan fingerprint density at radius 1 is 1.25 bits per heavy atom. The molecule has 1 nitrogen and oxygen atoms in total. The predicted octanol–water partition coefficient (Wildman–Crippen LogP) is 3.83. The van der Waals surface area contributed by atoms with E-state index in [1.54, 1.807) is 17.4 Å². The molecule has 16 heavy (non-hydrogen) atoms. The van der Waals surface area contributed by atoms with E-state index >= 15 is 0 Å². The Morgan fingerprint density at radius 3 is 2.81 bits per heavy atom. The van der Waals surface area contributed by atoms with E-state index in [-0.39, 0.29) is 10.8 Å². The molecule has 2 rings (SSSR count). The summed E-state index contributed by atoms with van der Waals surface area (Å²) in [6.07, 6.45) is 0. The maximum atomic E-state index is 13.1. The second kappa shape index (κ2) is 5.43. The summed E-state index contributed by atoms with van der Waals surface area (Å²) < 4.78 is 13.1. The quantitative estimate of drug-likeness (QED) is 0.876. The molecule has 84 valence electrons. The fraction of sp³-hybridized carbons (Fsp3) is 0.167. The first-order valence-electron chi connectivity index (χ1n) is 4.93. The van der Waals surface area contributed by atoms with E-state index in [0.29, 0.717) is 6.54 Å². The van der Waals surface area contributed by atoms with Gasteiger partial charge in [-0.2, -0.15) is 0 Å². The standard InChI is InChI=1S/C12H11ClFNS/c13-11-4-3-9(6-12(11)14)7-15-8-10-2-1-5-16-10/h1-6,15H,7-8H2. The highest BCUT2D eigenvalue weighted by Crippen LogP contribution is 2.15. The molecule has 4 heteroatoms. The number of hydrogen-bond donors (Lipinski definition) is 1. The Bertz CT molecular complexity index is 456. The van der Waals surface area contributed by atoms with E-state index in [2.05, 4.69) is 11.4 Å². The third-order valence-corrected chi connectivity index (χ3v) is 3.38. The van der Waals surface area contributed by atoms with Crippen molar-refractivity contribution in [3.8, 4) is 0 Å². The fourth-order valence-corrected chi connectivity index (χ4v) is 2.18. The summed E-state index contributed by atoms with van der Waals surface area (Å²) in [5.41, 5.74) is 0.901. The molecule has 0 atom stereocenters. The van der Waals surface area contributed by atoms with Crippen molar-refractivity contribution < 1.29 is 4.39 Å². The van der Waals surface area contributed by atoms with Crippen LogP contribution in [0.3, 0.4) is 0 Å². The van der Waals surface area contributed by atoms with Crippen molar-refractivity contribution in [3.05, 3.63) is 57.0 Å². The maximum Gasteiger partial charge on any atom is 0.142 e. The summed E-state index contributed by atoms with van der Waals surface area (Å²) in [4.78, 5) is 1.27. The minimum atomic E-state index is -0.364. The zero-order valence-corrected chi connectivity index (χ0v) is 10.1. The molecule has 1 aromatic heterocycles. The molecular weight excluding hydrogens is 245 g/mol. The number of hydrogen-bond acceptors (Lipinski definition) is 2. The Hall–Kier alpha value is -0.900. The number of halogens is 2. The second-order valence-electron chi connectivity index (χ2n) is 3.43. The second-order valence-corrected chi connectivity index (χ2v) is 4.87. The van der Waals surface area contributed by atoms with E-state index in [0.717, 1.165) is 12.1 Å². The number of rotatable bonds is 4. The summed E-state index contributed by atoms with van der Waals surface area (Å²) in [6.45, 7) is 1.45. The van der Waals surface area contributed by atoms with Crippen LogP contribution in [0.2, 0.25) is 5.02 Å². The number of benzene rings is 1. The minimum Gasteiger partial charge on any atom is -0.308 e. The van der Waals surface area contributed by atoms with Crippen LogP contribution in [-0.2, 0) is 13.1 Å². The van der Waals surface area contributed by atoms with E-state index in [1.807, 2.05) is 17.5 Å². The van der Waals surface area contributed by atoms with Crippen LogP contribution in [0.25, 0.3) is 0 Å². The van der Waals surface area contributed by atoms with Crippen LogP contribution < -0.4 is 5.32 Å². The summed E-state index contributed by atoms with van der Waals surface area (Å²) in [7, 11) is 0. The average Bonchev–Trinajstić information content (AvgIpc) is 2.76. The van der Waals surface area contributed by atoms with Gasteiger partial charge in [0.25, 0.3) is 0 Å². The van der Waals surface area contributed by atoms with Crippen molar-refractivity contribution >= 4 is 22.9 Å². The molecule has 1 aromatic carbocycles. The molecule has 0 unspecified atom stereocenters. The summed E-state index contributed by atoms with van der Waals surface area (Å²) >= 11 is 7.31. The highest BCUT2D eigenvalue weighted by atomic mass is 35.5. The Kier molecular flexibility index (Phi) is 3.93. The van der Waals surface area contributed by atoms with Gasteiger partial charge in [-0.25, -0.2) is 4.39 Å². The largest absolute Gasteiger partial charge is 0.308 e. The molecule has 0 amide bonds. The highest BCUT2D eigenvalue weighted by molar-refractivity contribution is 7.09. The first-order valence-corrected chi connectivity index (χ1v) is 6.18. The molecule has 0 radical (unpaired) electrons. The molecule has 0 saturated carbocycles. The Morgan fingerprint density at radius 2 is 2.12 bits per heavy atom. The van der Waals surface area contributed by atoms with Crippen molar-refractivity contribution in [2.45, 2.75) is 13.1 Å². The van der Waals surface area contributed by atoms with Gasteiger partial charge in [-0.15, -0.1) is 11.3 Å². The zero-order chi connectivity index (χ0) is 11.4. The van der Waals surface area contributed by atoms with E-state index in [4.69, 9.17) is 11.6 Å². The Labute approximate surface area is 103 Å². The van der Waals surface area contributed by atoms with Gasteiger partial charge < -0.3 is 5.32 Å². The van der Waals surface area contributed by atoms with Crippen LogP contribution in [0, 0.1) is 5.82 Å². The van der Waals surface area contributed by atoms with Gasteiger partial charge in [0.2, 0.25) is 0 Å². The summed E-state index contributed by atoms with van der Waals surface area (Å²) in [5, 5.41) is 5.46. The topological polar surface area (TPSA) is 12.0 Å². The Balaban J connectivity index is 1.87. The average molecular weight is 256 g/mol. The van der Waals surface area contributed by atoms with Gasteiger partial charge in [-0.05, 0) is 29.1 Å². The van der Waals surface area contributed by atoms with Crippen molar-refractivity contribution in [1.82, 2.24) is 5.32 Å². The number of thiophene rings is 1. The third-order valence-electron chi connectivity index (χ3n) is 2.19. The van der Waals surface area contributed by atoms with Gasteiger partial charge in [-0.1, -0.05) is 23.7 Å². The van der Waals surface area contributed by atoms with Crippen LogP contribution in [-0.4, -0.2) is 0 Å². The summed E-state index contributed by atoms with van der Waals surface area (Å²) in [6, 6.07) is 8.96. The summed E-state index contributed by atoms with van der Waals surface area (Å²) in [5.74, 6) is -0.364. The van der Waals surface area contributed by atoms with Gasteiger partial charge in [0.15, 0.2) is 0 Å². The van der Waals surface area contributed by atoms with Gasteiger partial charge in [0.05, 0.1) is 5.02 Å². The zero-order valence-electron chi connectivity index (χ0n) is 8.54. The van der Waals surface area contributed by atoms with Gasteiger partial charge >= 0.3 is 0 Å². The highest BCUT2D eigenvalue weighted by Gasteiger charge is 2.00. The first-order chi connectivity index (χ1) is 7.75. The van der Waals surface area contributed by atoms with Crippen LogP contribution >= 0.6 is 22.9 Å². The smallest absolute Gasteiger partial charge is 0.142 e. The molecule has 1 N–H and O–H groups in total. The molecule has 2 aromatic rings. The molecule has 1 heterocycles. The number of nitrogens with one attached hydrogen (secondary N) is 1. The van der Waals surface area contributed by atoms with Gasteiger partial charge in [-0.3, -0.25) is 0 Å². The first kappa shape index (κ1) is 11.6. The molecule has 0 aliphatic rings. The molecule has 0 fully saturated rings. The minimum absolute atomic E-state index is 0.169. The molecule has 0 saturated heterocycles. The third kappa shape index (κ3) is 3.04. The predicted molar refractivity (Wildman–Crippen MR) is 66.3 cm³/mol. The van der Waals surface area contributed by atoms with Crippen LogP contribution in [0.1, 0.15) is 10.4 Å². The fourth-order valence-electron chi connectivity index (χ4n) is 1.39. The molecule has 0 bridgehead atoms. The molecular formula is C12H11ClFNS. The van der Waals surface area contributed by atoms with E-state index < -0.39 is 0 Å². The molecule has 0 aliphatic carbocycles. The van der Waals surface area contributed by atoms with Gasteiger partial charge in [0, 0.05) is 18.0 Å². The van der Waals surface area contributed by atoms with Crippen molar-refractivity contribution in [3.63, 3.8) is 0 Å². The van der Waals surface area contributed by atoms with Crippen LogP contribution in [0.4, 0.5) is 4.39 Å². The SMILES string of the molecule is Fc1cc(CNCc2cccs2)ccc1Cl. The lowest BCUT2D eigenvalue weighted by molar-refractivity contribution is 0.621. The maximum absolute atomic E-state index is 13.1. The molecule has 0 aliphatic heterocycles. The lowest BCUT2D eigenvalue weighted by Crippen LogP contribution is -2.11. The normalized spacial score (nSPS) is 10.6. The van der Waals surface area contributed by atoms with Crippen molar-refractivity contribution in [1.29, 1.82) is 0 Å². The monoisotopic (exact) mass is 255 g/mol. The van der Waals surface area contributed by atoms with Crippen molar-refractivity contribution in [2.75, 3.05) is 0 Å².